The number of furan rings is 1. The molecule has 7 heteroatoms. The molecular formula is C17H14ClN3O3. The molecule has 3 aromatic rings. The number of hydrogen-bond donors (Lipinski definition) is 0. The predicted molar refractivity (Wildman–Crippen MR) is 86.5 cm³/mol. The van der Waals surface area contributed by atoms with Crippen molar-refractivity contribution in [2.45, 2.75) is 18.9 Å². The topological polar surface area (TPSA) is 72.4 Å². The van der Waals surface area contributed by atoms with Gasteiger partial charge in [-0.05, 0) is 31.0 Å². The number of benzene rings is 1. The van der Waals surface area contributed by atoms with Crippen LogP contribution in [-0.2, 0) is 0 Å². The molecule has 1 amide bonds. The fourth-order valence-electron chi connectivity index (χ4n) is 2.93. The van der Waals surface area contributed by atoms with Crippen LogP contribution in [0.5, 0.6) is 0 Å². The van der Waals surface area contributed by atoms with Crippen LogP contribution < -0.4 is 0 Å². The SMILES string of the molecule is O=C(c1ccoc1)N1CCC[C@H]1c1nc(-c2cccc(Cl)c2)no1. The number of nitrogens with zero attached hydrogens (tertiary/aromatic N) is 3. The van der Waals surface area contributed by atoms with Crippen LogP contribution in [0.15, 0.2) is 51.8 Å². The smallest absolute Gasteiger partial charge is 0.257 e. The Kier molecular flexibility index (Phi) is 3.82. The van der Waals surface area contributed by atoms with Gasteiger partial charge in [0, 0.05) is 17.1 Å². The maximum atomic E-state index is 12.6. The summed E-state index contributed by atoms with van der Waals surface area (Å²) in [5.74, 6) is 0.822. The van der Waals surface area contributed by atoms with Crippen molar-refractivity contribution in [1.82, 2.24) is 15.0 Å². The molecule has 0 unspecified atom stereocenters. The molecule has 0 bridgehead atoms. The van der Waals surface area contributed by atoms with E-state index in [1.54, 1.807) is 23.1 Å². The summed E-state index contributed by atoms with van der Waals surface area (Å²) in [6.45, 7) is 0.656. The van der Waals surface area contributed by atoms with Crippen molar-refractivity contribution >= 4 is 17.5 Å². The number of aromatic nitrogens is 2. The Morgan fingerprint density at radius 1 is 1.33 bits per heavy atom. The first-order valence-corrected chi connectivity index (χ1v) is 8.03. The first kappa shape index (κ1) is 15.0. The van der Waals surface area contributed by atoms with Gasteiger partial charge in [0.15, 0.2) is 0 Å². The molecule has 2 aromatic heterocycles. The van der Waals surface area contributed by atoms with Gasteiger partial charge in [0.1, 0.15) is 12.3 Å². The predicted octanol–water partition coefficient (Wildman–Crippen LogP) is 3.96. The van der Waals surface area contributed by atoms with Gasteiger partial charge in [0.2, 0.25) is 11.7 Å². The fraction of sp³-hybridized carbons (Fsp3) is 0.235. The van der Waals surface area contributed by atoms with Crippen molar-refractivity contribution in [1.29, 1.82) is 0 Å². The molecule has 0 radical (unpaired) electrons. The summed E-state index contributed by atoms with van der Waals surface area (Å²) in [6, 6.07) is 8.70. The van der Waals surface area contributed by atoms with E-state index in [1.165, 1.54) is 12.5 Å². The molecule has 24 heavy (non-hydrogen) atoms. The number of carbonyl (C=O) groups excluding carboxylic acids is 1. The van der Waals surface area contributed by atoms with Crippen LogP contribution in [0.1, 0.15) is 35.1 Å². The zero-order valence-corrected chi connectivity index (χ0v) is 13.4. The van der Waals surface area contributed by atoms with Crippen LogP contribution >= 0.6 is 11.6 Å². The van der Waals surface area contributed by atoms with Crippen LogP contribution in [0.25, 0.3) is 11.4 Å². The summed E-state index contributed by atoms with van der Waals surface area (Å²) in [6.07, 6.45) is 4.62. The molecule has 1 atom stereocenters. The largest absolute Gasteiger partial charge is 0.472 e. The second-order valence-electron chi connectivity index (χ2n) is 5.64. The Balaban J connectivity index is 1.60. The summed E-state index contributed by atoms with van der Waals surface area (Å²) < 4.78 is 10.4. The number of hydrogen-bond acceptors (Lipinski definition) is 5. The van der Waals surface area contributed by atoms with Gasteiger partial charge in [-0.15, -0.1) is 0 Å². The van der Waals surface area contributed by atoms with E-state index in [4.69, 9.17) is 20.5 Å². The third-order valence-corrected chi connectivity index (χ3v) is 4.33. The molecule has 0 spiro atoms. The number of amides is 1. The van der Waals surface area contributed by atoms with Crippen LogP contribution in [0.3, 0.4) is 0 Å². The van der Waals surface area contributed by atoms with Gasteiger partial charge in [-0.2, -0.15) is 4.98 Å². The van der Waals surface area contributed by atoms with Gasteiger partial charge in [-0.25, -0.2) is 0 Å². The molecule has 122 valence electrons. The summed E-state index contributed by atoms with van der Waals surface area (Å²) in [7, 11) is 0. The molecule has 3 heterocycles. The molecule has 0 N–H and O–H groups in total. The number of carbonyl (C=O) groups is 1. The van der Waals surface area contributed by atoms with Crippen molar-refractivity contribution in [3.05, 3.63) is 59.3 Å². The van der Waals surface area contributed by atoms with Crippen LogP contribution in [-0.4, -0.2) is 27.5 Å². The van der Waals surface area contributed by atoms with E-state index in [0.29, 0.717) is 28.8 Å². The molecule has 0 aliphatic carbocycles. The number of likely N-dealkylation sites (tertiary alicyclic amines) is 1. The zero-order valence-electron chi connectivity index (χ0n) is 12.7. The molecule has 1 saturated heterocycles. The molecule has 6 nitrogen and oxygen atoms in total. The van der Waals surface area contributed by atoms with Crippen LogP contribution in [0, 0.1) is 0 Å². The van der Waals surface area contributed by atoms with Gasteiger partial charge in [0.25, 0.3) is 5.91 Å². The van der Waals surface area contributed by atoms with E-state index in [0.717, 1.165) is 18.4 Å². The first-order valence-electron chi connectivity index (χ1n) is 7.65. The van der Waals surface area contributed by atoms with Crippen molar-refractivity contribution in [3.8, 4) is 11.4 Å². The van der Waals surface area contributed by atoms with Crippen molar-refractivity contribution in [2.75, 3.05) is 6.54 Å². The van der Waals surface area contributed by atoms with Gasteiger partial charge in [0.05, 0.1) is 11.8 Å². The average molecular weight is 344 g/mol. The second-order valence-corrected chi connectivity index (χ2v) is 6.07. The number of halogens is 1. The summed E-state index contributed by atoms with van der Waals surface area (Å²) in [4.78, 5) is 18.8. The molecule has 1 aromatic carbocycles. The summed E-state index contributed by atoms with van der Waals surface area (Å²) in [5, 5.41) is 4.64. The third kappa shape index (κ3) is 2.69. The summed E-state index contributed by atoms with van der Waals surface area (Å²) >= 11 is 6.00. The minimum absolute atomic E-state index is 0.0891. The minimum atomic E-state index is -0.215. The van der Waals surface area contributed by atoms with Crippen molar-refractivity contribution in [3.63, 3.8) is 0 Å². The lowest BCUT2D eigenvalue weighted by atomic mass is 10.2. The lowest BCUT2D eigenvalue weighted by Gasteiger charge is -2.20. The van der Waals surface area contributed by atoms with E-state index in [9.17, 15) is 4.79 Å². The standard InChI is InChI=1S/C17H14ClN3O3/c18-13-4-1-3-11(9-13)15-19-16(24-20-15)14-5-2-7-21(14)17(22)12-6-8-23-10-12/h1,3-4,6,8-10,14H,2,5,7H2/t14-/m0/s1. The fourth-order valence-corrected chi connectivity index (χ4v) is 3.12. The van der Waals surface area contributed by atoms with E-state index in [1.807, 2.05) is 12.1 Å². The Labute approximate surface area is 143 Å². The Bertz CT molecular complexity index is 860. The first-order chi connectivity index (χ1) is 11.7. The zero-order chi connectivity index (χ0) is 16.5. The van der Waals surface area contributed by atoms with Gasteiger partial charge >= 0.3 is 0 Å². The van der Waals surface area contributed by atoms with Gasteiger partial charge in [-0.3, -0.25) is 4.79 Å². The highest BCUT2D eigenvalue weighted by molar-refractivity contribution is 6.30. The summed E-state index contributed by atoms with van der Waals surface area (Å²) in [5.41, 5.74) is 1.31. The van der Waals surface area contributed by atoms with Crippen molar-refractivity contribution in [2.24, 2.45) is 0 Å². The minimum Gasteiger partial charge on any atom is -0.472 e. The van der Waals surface area contributed by atoms with E-state index in [-0.39, 0.29) is 11.9 Å². The van der Waals surface area contributed by atoms with E-state index >= 15 is 0 Å². The maximum Gasteiger partial charge on any atom is 0.257 e. The average Bonchev–Trinajstić information content (AvgIpc) is 3.33. The lowest BCUT2D eigenvalue weighted by molar-refractivity contribution is 0.0709. The molecular weight excluding hydrogens is 330 g/mol. The lowest BCUT2D eigenvalue weighted by Crippen LogP contribution is -2.30. The molecule has 4 rings (SSSR count). The Morgan fingerprint density at radius 2 is 2.25 bits per heavy atom. The monoisotopic (exact) mass is 343 g/mol. The highest BCUT2D eigenvalue weighted by atomic mass is 35.5. The van der Waals surface area contributed by atoms with Crippen molar-refractivity contribution < 1.29 is 13.7 Å². The van der Waals surface area contributed by atoms with Crippen LogP contribution in [0.2, 0.25) is 5.02 Å². The van der Waals surface area contributed by atoms with E-state index < -0.39 is 0 Å². The third-order valence-electron chi connectivity index (χ3n) is 4.09. The molecule has 1 fully saturated rings. The second kappa shape index (κ2) is 6.13. The Hall–Kier alpha value is -2.60. The quantitative estimate of drug-likeness (QED) is 0.719. The highest BCUT2D eigenvalue weighted by Gasteiger charge is 2.34. The molecule has 1 aliphatic heterocycles. The normalized spacial score (nSPS) is 17.4. The highest BCUT2D eigenvalue weighted by Crippen LogP contribution is 2.33. The van der Waals surface area contributed by atoms with E-state index in [2.05, 4.69) is 10.1 Å². The van der Waals surface area contributed by atoms with Gasteiger partial charge in [-0.1, -0.05) is 28.9 Å². The molecule has 0 saturated carbocycles. The maximum absolute atomic E-state index is 12.6. The Morgan fingerprint density at radius 3 is 3.04 bits per heavy atom. The number of rotatable bonds is 3. The van der Waals surface area contributed by atoms with Crippen LogP contribution in [0.4, 0.5) is 0 Å². The molecule has 1 aliphatic rings. The van der Waals surface area contributed by atoms with Gasteiger partial charge < -0.3 is 13.8 Å².